The van der Waals surface area contributed by atoms with Crippen molar-refractivity contribution in [1.29, 1.82) is 0 Å². The van der Waals surface area contributed by atoms with Crippen LogP contribution in [0.25, 0.3) is 0 Å². The van der Waals surface area contributed by atoms with Crippen LogP contribution in [-0.4, -0.2) is 43.5 Å². The van der Waals surface area contributed by atoms with Crippen molar-refractivity contribution in [3.8, 4) is 0 Å². The van der Waals surface area contributed by atoms with Gasteiger partial charge in [0.15, 0.2) is 0 Å². The Labute approximate surface area is 139 Å². The number of hydrogen-bond acceptors (Lipinski definition) is 3. The van der Waals surface area contributed by atoms with Crippen LogP contribution in [0.5, 0.6) is 0 Å². The number of halogens is 3. The lowest BCUT2D eigenvalue weighted by molar-refractivity contribution is -0.137. The molecular weight excluding hydrogens is 319 g/mol. The predicted octanol–water partition coefficient (Wildman–Crippen LogP) is 3.34. The van der Waals surface area contributed by atoms with Gasteiger partial charge in [0.2, 0.25) is 5.91 Å². The molecule has 3 rings (SSSR count). The van der Waals surface area contributed by atoms with Crippen molar-refractivity contribution in [2.75, 3.05) is 42.9 Å². The lowest BCUT2D eigenvalue weighted by atomic mass is 10.1. The standard InChI is InChI=1S/C17H22F3N3O/c18-17(19,20)13-5-6-15(23-9-3-4-10-23)14(11-13)21-16(24)12-22-7-1-2-8-22/h5-6,11H,1-4,7-10,12H2,(H,21,24). The Balaban J connectivity index is 1.80. The molecule has 2 saturated heterocycles. The van der Waals surface area contributed by atoms with Gasteiger partial charge in [0.05, 0.1) is 23.5 Å². The van der Waals surface area contributed by atoms with E-state index in [9.17, 15) is 18.0 Å². The van der Waals surface area contributed by atoms with Crippen LogP contribution >= 0.6 is 0 Å². The summed E-state index contributed by atoms with van der Waals surface area (Å²) in [5, 5.41) is 2.70. The molecule has 4 nitrogen and oxygen atoms in total. The lowest BCUT2D eigenvalue weighted by Crippen LogP contribution is -2.31. The Morgan fingerprint density at radius 2 is 1.67 bits per heavy atom. The summed E-state index contributed by atoms with van der Waals surface area (Å²) in [4.78, 5) is 16.3. The van der Waals surface area contributed by atoms with Gasteiger partial charge in [-0.05, 0) is 57.0 Å². The van der Waals surface area contributed by atoms with E-state index in [1.54, 1.807) is 0 Å². The zero-order chi connectivity index (χ0) is 17.2. The molecule has 1 aromatic carbocycles. The first-order valence-corrected chi connectivity index (χ1v) is 8.42. The number of nitrogens with zero attached hydrogens (tertiary/aromatic N) is 2. The van der Waals surface area contributed by atoms with E-state index >= 15 is 0 Å². The molecule has 0 radical (unpaired) electrons. The monoisotopic (exact) mass is 341 g/mol. The van der Waals surface area contributed by atoms with Crippen molar-refractivity contribution in [3.63, 3.8) is 0 Å². The summed E-state index contributed by atoms with van der Waals surface area (Å²) in [5.41, 5.74) is 0.202. The highest BCUT2D eigenvalue weighted by Crippen LogP contribution is 2.36. The second kappa shape index (κ2) is 7.01. The second-order valence-corrected chi connectivity index (χ2v) is 6.46. The maximum Gasteiger partial charge on any atom is 0.416 e. The summed E-state index contributed by atoms with van der Waals surface area (Å²) < 4.78 is 39.0. The number of anilines is 2. The van der Waals surface area contributed by atoms with Gasteiger partial charge in [-0.3, -0.25) is 9.69 Å². The number of benzene rings is 1. The molecule has 24 heavy (non-hydrogen) atoms. The maximum atomic E-state index is 13.0. The summed E-state index contributed by atoms with van der Waals surface area (Å²) in [6.45, 7) is 3.58. The highest BCUT2D eigenvalue weighted by Gasteiger charge is 2.32. The molecule has 0 unspecified atom stereocenters. The quantitative estimate of drug-likeness (QED) is 0.912. The van der Waals surface area contributed by atoms with Crippen LogP contribution in [0.3, 0.4) is 0 Å². The number of hydrogen-bond donors (Lipinski definition) is 1. The van der Waals surface area contributed by atoms with Crippen molar-refractivity contribution in [1.82, 2.24) is 4.90 Å². The number of carbonyl (C=O) groups excluding carboxylic acids is 1. The fourth-order valence-electron chi connectivity index (χ4n) is 3.38. The molecule has 2 aliphatic heterocycles. The molecule has 0 atom stereocenters. The predicted molar refractivity (Wildman–Crippen MR) is 87.2 cm³/mol. The second-order valence-electron chi connectivity index (χ2n) is 6.46. The number of likely N-dealkylation sites (tertiary alicyclic amines) is 1. The van der Waals surface area contributed by atoms with Crippen LogP contribution in [0.4, 0.5) is 24.5 Å². The van der Waals surface area contributed by atoms with E-state index < -0.39 is 11.7 Å². The first kappa shape index (κ1) is 17.1. The molecule has 0 saturated carbocycles. The highest BCUT2D eigenvalue weighted by atomic mass is 19.4. The van der Waals surface area contributed by atoms with E-state index in [1.807, 2.05) is 9.80 Å². The Morgan fingerprint density at radius 3 is 2.29 bits per heavy atom. The molecule has 2 aliphatic rings. The molecule has 2 heterocycles. The van der Waals surface area contributed by atoms with Gasteiger partial charge in [0.1, 0.15) is 0 Å². The Bertz CT molecular complexity index is 591. The number of alkyl halides is 3. The van der Waals surface area contributed by atoms with Gasteiger partial charge in [0.25, 0.3) is 0 Å². The average Bonchev–Trinajstić information content (AvgIpc) is 3.19. The molecule has 0 bridgehead atoms. The van der Waals surface area contributed by atoms with Crippen molar-refractivity contribution >= 4 is 17.3 Å². The van der Waals surface area contributed by atoms with E-state index in [1.165, 1.54) is 6.07 Å². The smallest absolute Gasteiger partial charge is 0.370 e. The Kier molecular flexibility index (Phi) is 4.99. The molecule has 1 aromatic rings. The Morgan fingerprint density at radius 1 is 1.04 bits per heavy atom. The molecule has 0 aromatic heterocycles. The van der Waals surface area contributed by atoms with Crippen molar-refractivity contribution in [2.24, 2.45) is 0 Å². The van der Waals surface area contributed by atoms with Crippen LogP contribution in [0.2, 0.25) is 0 Å². The highest BCUT2D eigenvalue weighted by molar-refractivity contribution is 5.95. The van der Waals surface area contributed by atoms with E-state index in [4.69, 9.17) is 0 Å². The molecule has 0 spiro atoms. The molecule has 132 valence electrons. The minimum absolute atomic E-state index is 0.232. The van der Waals surface area contributed by atoms with Crippen molar-refractivity contribution in [2.45, 2.75) is 31.9 Å². The zero-order valence-corrected chi connectivity index (χ0v) is 13.5. The topological polar surface area (TPSA) is 35.6 Å². The minimum Gasteiger partial charge on any atom is -0.370 e. The van der Waals surface area contributed by atoms with Crippen LogP contribution in [0.1, 0.15) is 31.2 Å². The van der Waals surface area contributed by atoms with Gasteiger partial charge < -0.3 is 10.2 Å². The fraction of sp³-hybridized carbons (Fsp3) is 0.588. The first-order chi connectivity index (χ1) is 11.4. The largest absolute Gasteiger partial charge is 0.416 e. The van der Waals surface area contributed by atoms with Crippen molar-refractivity contribution in [3.05, 3.63) is 23.8 Å². The summed E-state index contributed by atoms with van der Waals surface area (Å²) in [6.07, 6.45) is -0.256. The fourth-order valence-corrected chi connectivity index (χ4v) is 3.38. The SMILES string of the molecule is O=C(CN1CCCC1)Nc1cc(C(F)(F)F)ccc1N1CCCC1. The summed E-state index contributed by atoms with van der Waals surface area (Å²) in [7, 11) is 0. The van der Waals surface area contributed by atoms with Crippen molar-refractivity contribution < 1.29 is 18.0 Å². The van der Waals surface area contributed by atoms with Gasteiger partial charge >= 0.3 is 6.18 Å². The summed E-state index contributed by atoms with van der Waals surface area (Å²) in [5.74, 6) is -0.253. The van der Waals surface area contributed by atoms with E-state index in [2.05, 4.69) is 5.32 Å². The van der Waals surface area contributed by atoms with Crippen LogP contribution in [-0.2, 0) is 11.0 Å². The van der Waals surface area contributed by atoms with Crippen LogP contribution in [0, 0.1) is 0 Å². The van der Waals surface area contributed by atoms with E-state index in [0.29, 0.717) is 5.69 Å². The van der Waals surface area contributed by atoms with Crippen LogP contribution < -0.4 is 10.2 Å². The first-order valence-electron chi connectivity index (χ1n) is 8.42. The number of nitrogens with one attached hydrogen (secondary N) is 1. The number of carbonyl (C=O) groups is 1. The zero-order valence-electron chi connectivity index (χ0n) is 13.5. The van der Waals surface area contributed by atoms with Gasteiger partial charge in [-0.2, -0.15) is 13.2 Å². The minimum atomic E-state index is -4.42. The molecule has 2 fully saturated rings. The van der Waals surface area contributed by atoms with E-state index in [-0.39, 0.29) is 18.1 Å². The van der Waals surface area contributed by atoms with E-state index in [0.717, 1.165) is 64.0 Å². The maximum absolute atomic E-state index is 13.0. The summed E-state index contributed by atoms with van der Waals surface area (Å²) in [6, 6.07) is 3.61. The third kappa shape index (κ3) is 4.01. The molecule has 7 heteroatoms. The van der Waals surface area contributed by atoms with Gasteiger partial charge in [-0.25, -0.2) is 0 Å². The van der Waals surface area contributed by atoms with Gasteiger partial charge in [-0.15, -0.1) is 0 Å². The normalized spacial score (nSPS) is 19.0. The third-order valence-electron chi connectivity index (χ3n) is 4.61. The lowest BCUT2D eigenvalue weighted by Gasteiger charge is -2.23. The van der Waals surface area contributed by atoms with Crippen LogP contribution in [0.15, 0.2) is 18.2 Å². The molecular formula is C17H22F3N3O. The molecule has 0 aliphatic carbocycles. The van der Waals surface area contributed by atoms with Gasteiger partial charge in [-0.1, -0.05) is 0 Å². The average molecular weight is 341 g/mol. The Hall–Kier alpha value is -1.76. The molecule has 1 amide bonds. The molecule has 1 N–H and O–H groups in total. The third-order valence-corrected chi connectivity index (χ3v) is 4.61. The number of amides is 1. The number of rotatable bonds is 4. The summed E-state index contributed by atoms with van der Waals surface area (Å²) >= 11 is 0. The van der Waals surface area contributed by atoms with Gasteiger partial charge in [0, 0.05) is 13.1 Å².